The molecule has 11 unspecified atom stereocenters. The Morgan fingerprint density at radius 3 is 1.11 bits per heavy atom. The van der Waals surface area contributed by atoms with Gasteiger partial charge in [0.1, 0.15) is 68.9 Å². The number of hydrogen-bond donors (Lipinski definition) is 10. The van der Waals surface area contributed by atoms with Crippen LogP contribution < -0.4 is 20.0 Å². The summed E-state index contributed by atoms with van der Waals surface area (Å²) in [5, 5.41) is 92.6. The maximum atomic E-state index is 13.1. The first-order valence-corrected chi connectivity index (χ1v) is 42.4. The lowest BCUT2D eigenvalue weighted by atomic mass is 9.92. The van der Waals surface area contributed by atoms with Gasteiger partial charge in [-0.3, -0.25) is 9.36 Å². The molecule has 20 atom stereocenters. The number of carbonyl (C=O) groups excluding carboxylic acids is 1. The zero-order valence-electron chi connectivity index (χ0n) is 55.0. The maximum Gasteiger partial charge on any atom is 0.217 e. The molecule has 0 aliphatic carbocycles. The van der Waals surface area contributed by atoms with Gasteiger partial charge in [-0.25, -0.2) is 0 Å². The Morgan fingerprint density at radius 1 is 0.448 bits per heavy atom. The third-order valence-electron chi connectivity index (χ3n) is 15.2. The highest BCUT2D eigenvalue weighted by molar-refractivity contribution is 8.32. The number of hydrogen-bond acceptors (Lipinski definition) is 36. The second kappa shape index (κ2) is 49.6. The number of amides is 1. The van der Waals surface area contributed by atoms with Crippen LogP contribution in [0, 0.1) is 17.3 Å². The molecular weight excluding hydrogens is 1440 g/mol. The molecule has 3 saturated heterocycles. The van der Waals surface area contributed by atoms with E-state index in [-0.39, 0.29) is 132 Å². The molecule has 33 nitrogen and oxygen atoms in total. The van der Waals surface area contributed by atoms with E-state index in [0.29, 0.717) is 58.0 Å². The zero-order valence-corrected chi connectivity index (χ0v) is 61.9. The van der Waals surface area contributed by atoms with E-state index in [2.05, 4.69) is 5.32 Å². The molecule has 0 radical (unpaired) electrons. The smallest absolute Gasteiger partial charge is 0.217 e. The van der Waals surface area contributed by atoms with E-state index < -0.39 is 150 Å². The average Bonchev–Trinajstić information content (AvgIpc) is 0.883. The van der Waals surface area contributed by atoms with Gasteiger partial charge in [-0.15, -0.1) is 0 Å². The van der Waals surface area contributed by atoms with Crippen LogP contribution in [-0.2, 0) is 141 Å². The minimum absolute atomic E-state index is 0.00213. The van der Waals surface area contributed by atoms with Crippen molar-refractivity contribution in [1.29, 1.82) is 0 Å². The minimum atomic E-state index is -3.96. The van der Waals surface area contributed by atoms with E-state index in [1.165, 1.54) is 14.0 Å². The summed E-state index contributed by atoms with van der Waals surface area (Å²) < 4.78 is 114. The predicted molar refractivity (Wildman–Crippen MR) is 349 cm³/mol. The first-order valence-electron chi connectivity index (χ1n) is 32.2. The van der Waals surface area contributed by atoms with Gasteiger partial charge in [-0.1, -0.05) is 62.1 Å². The molecule has 96 heavy (non-hydrogen) atoms. The first-order chi connectivity index (χ1) is 45.6. The Labute approximate surface area is 583 Å². The topological polar surface area (TPSA) is 464 Å². The van der Waals surface area contributed by atoms with E-state index in [0.717, 1.165) is 12.8 Å². The fourth-order valence-electron chi connectivity index (χ4n) is 9.59. The zero-order chi connectivity index (χ0) is 71.2. The summed E-state index contributed by atoms with van der Waals surface area (Å²) in [7, 11) is 1.22. The number of ether oxygens (including phenoxy) is 10. The van der Waals surface area contributed by atoms with Gasteiger partial charge in [0.05, 0.1) is 110 Å². The summed E-state index contributed by atoms with van der Waals surface area (Å²) in [6, 6.07) is -1.11. The van der Waals surface area contributed by atoms with Crippen molar-refractivity contribution >= 4 is 80.5 Å². The molecular formula is C55H105NO32P4S4-4. The van der Waals surface area contributed by atoms with E-state index in [4.69, 9.17) is 131 Å². The van der Waals surface area contributed by atoms with Gasteiger partial charge in [-0.2, -0.15) is 0 Å². The molecule has 3 aliphatic heterocycles. The van der Waals surface area contributed by atoms with Crippen molar-refractivity contribution < 1.29 is 154 Å². The Bertz CT molecular complexity index is 2190. The summed E-state index contributed by atoms with van der Waals surface area (Å²) in [5.41, 5.74) is -0.983. The van der Waals surface area contributed by atoms with Crippen LogP contribution in [0.3, 0.4) is 0 Å². The van der Waals surface area contributed by atoms with Crippen LogP contribution in [0.25, 0.3) is 0 Å². The number of aliphatic hydroxyl groups is 9. The molecule has 1 amide bonds. The number of unbranched alkanes of at least 4 members (excludes halogenated alkanes) is 6. The van der Waals surface area contributed by atoms with Crippen molar-refractivity contribution in [3.05, 3.63) is 0 Å². The fourth-order valence-corrected chi connectivity index (χ4v) is 14.0. The van der Waals surface area contributed by atoms with Crippen LogP contribution in [-0.4, -0.2) is 278 Å². The molecule has 41 heteroatoms. The number of aliphatic hydroxyl groups excluding tert-OH is 9. The van der Waals surface area contributed by atoms with Crippen LogP contribution in [0.5, 0.6) is 0 Å². The maximum absolute atomic E-state index is 13.1. The Morgan fingerprint density at radius 2 is 0.740 bits per heavy atom. The molecule has 10 N–H and O–H groups in total. The monoisotopic (exact) mass is 1540 g/mol. The van der Waals surface area contributed by atoms with Crippen molar-refractivity contribution in [2.45, 2.75) is 184 Å². The molecule has 0 bridgehead atoms. The van der Waals surface area contributed by atoms with Crippen LogP contribution in [0.1, 0.15) is 104 Å². The molecule has 0 aromatic heterocycles. The van der Waals surface area contributed by atoms with Gasteiger partial charge in [0.25, 0.3) is 0 Å². The van der Waals surface area contributed by atoms with Crippen LogP contribution >= 0.6 is 27.0 Å². The molecule has 570 valence electrons. The molecule has 0 aromatic rings. The van der Waals surface area contributed by atoms with E-state index >= 15 is 0 Å². The van der Waals surface area contributed by atoms with Crippen molar-refractivity contribution in [3.63, 3.8) is 0 Å². The predicted octanol–water partition coefficient (Wildman–Crippen LogP) is -0.574. The van der Waals surface area contributed by atoms with E-state index in [9.17, 15) is 70.0 Å². The third-order valence-corrected chi connectivity index (χ3v) is 21.8. The molecule has 3 aliphatic rings. The fraction of sp³-hybridized carbons (Fsp3) is 0.982. The highest BCUT2D eigenvalue weighted by atomic mass is 32.7. The van der Waals surface area contributed by atoms with Gasteiger partial charge in [-0.05, 0) is 70.6 Å². The molecule has 3 rings (SSSR count). The molecule has 0 saturated carbocycles. The van der Waals surface area contributed by atoms with Crippen LogP contribution in [0.4, 0.5) is 0 Å². The molecule has 3 heterocycles. The minimum Gasteiger partial charge on any atom is -0.780 e. The van der Waals surface area contributed by atoms with Gasteiger partial charge < -0.3 is 162 Å². The SMILES string of the molecule is COP([O-])(=S)OCCCCCCOCC(COCCCOP(=O)([S-])OCCCCO[C@@H]1OC(CO)[C@H](O)[C@H](O)C1C)(COCCCOP([O-])(=S)OCCCCO[C@@H]1OC(CO)[C@H](O)[C@H](O)C1C)COCCCOP([O-])(=S)OCCCCO[C@@H]1OC(CO)[C@H](O)[C@H](O)C1NC(C)=O. The van der Waals surface area contributed by atoms with Gasteiger partial charge in [0.15, 0.2) is 25.7 Å². The lowest BCUT2D eigenvalue weighted by Gasteiger charge is -2.42. The Balaban J connectivity index is 1.56. The van der Waals surface area contributed by atoms with Crippen molar-refractivity contribution in [1.82, 2.24) is 5.32 Å². The number of rotatable bonds is 57. The second-order valence-electron chi connectivity index (χ2n) is 23.3. The largest absolute Gasteiger partial charge is 0.780 e. The van der Waals surface area contributed by atoms with Crippen molar-refractivity contribution in [2.24, 2.45) is 17.3 Å². The summed E-state index contributed by atoms with van der Waals surface area (Å²) in [6.07, 6.45) is -8.16. The number of nitrogens with one attached hydrogen (secondary N) is 1. The summed E-state index contributed by atoms with van der Waals surface area (Å²) in [5.74, 6) is -1.62. The first kappa shape index (κ1) is 91.0. The summed E-state index contributed by atoms with van der Waals surface area (Å²) in [6.45, 7) is -11.6. The molecule has 0 aromatic carbocycles. The van der Waals surface area contributed by atoms with Crippen LogP contribution in [0.15, 0.2) is 0 Å². The van der Waals surface area contributed by atoms with Crippen molar-refractivity contribution in [2.75, 3.05) is 146 Å². The van der Waals surface area contributed by atoms with Gasteiger partial charge in [0, 0.05) is 72.1 Å². The standard InChI is InChI=1S/C55H109NO32P4S4/c1-39-46(61)48(63)42(32-57)86-52(39)76-22-9-12-26-80-90(68,94)83-29-15-19-73-36-55(35-72-18-7-5-6-8-25-79-89(67,93)71-4,37-74-20-16-30-84-91(69,95)81-27-13-10-23-77-53-40(2)47(62)49(64)43(33-58)87-53)38-75-21-17-31-85-92(70,96)82-28-14-11-24-78-54-45(56-41(3)60)51(66)50(65)44(34-59)88-54/h39-40,42-54,57-59,61-66H,5-38H2,1-4H3,(H,56,60)(H,67,93)(H,68,94)(H,69,95)(H,70,96)/p-4/t39?,40?,42?,43?,44?,45?,46-,47-,48+,49+,50+,51-,52-,53-,54-,55?,89?,90?,91?,92?/m1/s1. The summed E-state index contributed by atoms with van der Waals surface area (Å²) >= 11 is 20.1. The van der Waals surface area contributed by atoms with Crippen LogP contribution in [0.2, 0.25) is 0 Å². The summed E-state index contributed by atoms with van der Waals surface area (Å²) in [4.78, 5) is 49.7. The average molecular weight is 1540 g/mol. The normalized spacial score (nSPS) is 29.7. The molecule has 0 spiro atoms. The van der Waals surface area contributed by atoms with Crippen molar-refractivity contribution in [3.8, 4) is 0 Å². The third kappa shape index (κ3) is 36.7. The lowest BCUT2D eigenvalue weighted by molar-refractivity contribution is -0.282. The second-order valence-corrected chi connectivity index (χ2v) is 34.4. The van der Waals surface area contributed by atoms with E-state index in [1.54, 1.807) is 13.8 Å². The van der Waals surface area contributed by atoms with E-state index in [1.807, 2.05) is 0 Å². The lowest BCUT2D eigenvalue weighted by Crippen LogP contribution is -2.64. The molecule has 3 fully saturated rings. The highest BCUT2D eigenvalue weighted by Crippen LogP contribution is 2.46. The van der Waals surface area contributed by atoms with Gasteiger partial charge >= 0.3 is 0 Å². The van der Waals surface area contributed by atoms with Gasteiger partial charge in [0.2, 0.25) is 5.91 Å². The Hall–Kier alpha value is 0.800. The highest BCUT2D eigenvalue weighted by Gasteiger charge is 2.46. The Kier molecular flexibility index (Phi) is 47.0. The quantitative estimate of drug-likeness (QED) is 0.0207. The number of carbonyl (C=O) groups is 1.